The van der Waals surface area contributed by atoms with E-state index in [1.165, 1.54) is 5.56 Å². The van der Waals surface area contributed by atoms with Crippen molar-refractivity contribution in [3.63, 3.8) is 0 Å². The molecule has 0 spiro atoms. The van der Waals surface area contributed by atoms with Crippen LogP contribution in [0, 0.1) is 11.3 Å². The van der Waals surface area contributed by atoms with Crippen molar-refractivity contribution in [1.29, 1.82) is 0 Å². The van der Waals surface area contributed by atoms with Crippen molar-refractivity contribution in [2.45, 2.75) is 45.6 Å². The number of benzene rings is 1. The first-order valence-corrected chi connectivity index (χ1v) is 8.02. The van der Waals surface area contributed by atoms with Crippen LogP contribution in [0.1, 0.15) is 51.1 Å². The minimum Gasteiger partial charge on any atom is -0.338 e. The Morgan fingerprint density at radius 2 is 1.90 bits per heavy atom. The SMILES string of the molecule is CC1CCC(CN)(C(=O)N(C)C(C)c2ccccc2)CC1. The minimum absolute atomic E-state index is 0.0847. The van der Waals surface area contributed by atoms with E-state index in [1.54, 1.807) is 0 Å². The van der Waals surface area contributed by atoms with Gasteiger partial charge in [-0.25, -0.2) is 0 Å². The highest BCUT2D eigenvalue weighted by Crippen LogP contribution is 2.40. The molecule has 0 heterocycles. The van der Waals surface area contributed by atoms with Gasteiger partial charge in [-0.05, 0) is 44.1 Å². The highest BCUT2D eigenvalue weighted by atomic mass is 16.2. The van der Waals surface area contributed by atoms with Gasteiger partial charge in [-0.3, -0.25) is 4.79 Å². The molecule has 1 aromatic rings. The largest absolute Gasteiger partial charge is 0.338 e. The molecule has 1 unspecified atom stereocenters. The number of carbonyl (C=O) groups is 1. The van der Waals surface area contributed by atoms with Crippen molar-refractivity contribution >= 4 is 5.91 Å². The summed E-state index contributed by atoms with van der Waals surface area (Å²) in [5.41, 5.74) is 6.84. The lowest BCUT2D eigenvalue weighted by molar-refractivity contribution is -0.144. The van der Waals surface area contributed by atoms with E-state index in [1.807, 2.05) is 30.1 Å². The molecule has 1 aliphatic carbocycles. The molecule has 1 fully saturated rings. The predicted molar refractivity (Wildman–Crippen MR) is 86.7 cm³/mol. The van der Waals surface area contributed by atoms with Crippen LogP contribution < -0.4 is 5.73 Å². The molecule has 2 rings (SSSR count). The highest BCUT2D eigenvalue weighted by Gasteiger charge is 2.42. The summed E-state index contributed by atoms with van der Waals surface area (Å²) in [6.07, 6.45) is 4.07. The van der Waals surface area contributed by atoms with Crippen LogP contribution in [0.3, 0.4) is 0 Å². The fourth-order valence-corrected chi connectivity index (χ4v) is 3.33. The second kappa shape index (κ2) is 6.61. The van der Waals surface area contributed by atoms with Gasteiger partial charge >= 0.3 is 0 Å². The number of hydrogen-bond donors (Lipinski definition) is 1. The lowest BCUT2D eigenvalue weighted by atomic mass is 9.70. The Bertz CT molecular complexity index is 463. The number of amides is 1. The van der Waals surface area contributed by atoms with Crippen LogP contribution in [0.4, 0.5) is 0 Å². The van der Waals surface area contributed by atoms with Crippen LogP contribution >= 0.6 is 0 Å². The zero-order chi connectivity index (χ0) is 15.5. The summed E-state index contributed by atoms with van der Waals surface area (Å²) in [5, 5.41) is 0. The number of hydrogen-bond acceptors (Lipinski definition) is 2. The zero-order valence-corrected chi connectivity index (χ0v) is 13.5. The number of rotatable bonds is 4. The van der Waals surface area contributed by atoms with E-state index in [0.29, 0.717) is 12.5 Å². The van der Waals surface area contributed by atoms with Crippen molar-refractivity contribution in [2.24, 2.45) is 17.1 Å². The number of nitrogens with two attached hydrogens (primary N) is 1. The molecule has 3 heteroatoms. The van der Waals surface area contributed by atoms with Crippen LogP contribution in [0.5, 0.6) is 0 Å². The van der Waals surface area contributed by atoms with Crippen LogP contribution in [0.25, 0.3) is 0 Å². The van der Waals surface area contributed by atoms with Crippen molar-refractivity contribution in [2.75, 3.05) is 13.6 Å². The van der Waals surface area contributed by atoms with Gasteiger partial charge in [0, 0.05) is 13.6 Å². The topological polar surface area (TPSA) is 46.3 Å². The second-order valence-corrected chi connectivity index (χ2v) is 6.67. The van der Waals surface area contributed by atoms with Gasteiger partial charge in [-0.15, -0.1) is 0 Å². The van der Waals surface area contributed by atoms with Gasteiger partial charge in [0.25, 0.3) is 0 Å². The molecule has 0 aromatic heterocycles. The fourth-order valence-electron chi connectivity index (χ4n) is 3.33. The smallest absolute Gasteiger partial charge is 0.230 e. The first-order chi connectivity index (χ1) is 10.00. The maximum atomic E-state index is 13.0. The van der Waals surface area contributed by atoms with Gasteiger partial charge in [0.1, 0.15) is 0 Å². The molecule has 0 radical (unpaired) electrons. The molecule has 1 amide bonds. The normalized spacial score (nSPS) is 27.1. The summed E-state index contributed by atoms with van der Waals surface area (Å²) in [4.78, 5) is 14.9. The summed E-state index contributed by atoms with van der Waals surface area (Å²) in [7, 11) is 1.91. The Morgan fingerprint density at radius 1 is 1.33 bits per heavy atom. The standard InChI is InChI=1S/C18H28N2O/c1-14-9-11-18(13-19,12-10-14)17(21)20(3)15(2)16-7-5-4-6-8-16/h4-8,14-15H,9-13,19H2,1-3H3. The van der Waals surface area contributed by atoms with Gasteiger partial charge in [0.15, 0.2) is 0 Å². The summed E-state index contributed by atoms with van der Waals surface area (Å²) in [5.74, 6) is 0.933. The third-order valence-corrected chi connectivity index (χ3v) is 5.26. The molecule has 3 nitrogen and oxygen atoms in total. The molecule has 21 heavy (non-hydrogen) atoms. The van der Waals surface area contributed by atoms with E-state index < -0.39 is 0 Å². The quantitative estimate of drug-likeness (QED) is 0.923. The molecule has 1 aromatic carbocycles. The van der Waals surface area contributed by atoms with Crippen molar-refractivity contribution in [3.8, 4) is 0 Å². The van der Waals surface area contributed by atoms with E-state index in [0.717, 1.165) is 25.7 Å². The maximum Gasteiger partial charge on any atom is 0.230 e. The monoisotopic (exact) mass is 288 g/mol. The van der Waals surface area contributed by atoms with Gasteiger partial charge in [-0.2, -0.15) is 0 Å². The van der Waals surface area contributed by atoms with E-state index in [9.17, 15) is 4.79 Å². The molecule has 1 aliphatic rings. The molecule has 0 saturated heterocycles. The maximum absolute atomic E-state index is 13.0. The summed E-state index contributed by atoms with van der Waals surface area (Å²) in [6.45, 7) is 4.81. The molecular weight excluding hydrogens is 260 g/mol. The first kappa shape index (κ1) is 16.0. The average molecular weight is 288 g/mol. The Hall–Kier alpha value is -1.35. The molecule has 2 N–H and O–H groups in total. The Balaban J connectivity index is 2.14. The van der Waals surface area contributed by atoms with Crippen LogP contribution in [-0.2, 0) is 4.79 Å². The van der Waals surface area contributed by atoms with Crippen molar-refractivity contribution in [3.05, 3.63) is 35.9 Å². The molecular formula is C18H28N2O. The van der Waals surface area contributed by atoms with Gasteiger partial charge in [0.2, 0.25) is 5.91 Å². The van der Waals surface area contributed by atoms with E-state index in [-0.39, 0.29) is 17.4 Å². The first-order valence-electron chi connectivity index (χ1n) is 8.02. The number of carbonyl (C=O) groups excluding carboxylic acids is 1. The number of nitrogens with zero attached hydrogens (tertiary/aromatic N) is 1. The van der Waals surface area contributed by atoms with Gasteiger partial charge < -0.3 is 10.6 Å². The Kier molecular flexibility index (Phi) is 5.04. The third-order valence-electron chi connectivity index (χ3n) is 5.26. The molecule has 116 valence electrons. The molecule has 1 saturated carbocycles. The van der Waals surface area contributed by atoms with Crippen LogP contribution in [0.2, 0.25) is 0 Å². The van der Waals surface area contributed by atoms with E-state index in [4.69, 9.17) is 5.73 Å². The van der Waals surface area contributed by atoms with Crippen LogP contribution in [0.15, 0.2) is 30.3 Å². The minimum atomic E-state index is -0.343. The van der Waals surface area contributed by atoms with Crippen molar-refractivity contribution < 1.29 is 4.79 Å². The average Bonchev–Trinajstić information content (AvgIpc) is 2.54. The molecule has 1 atom stereocenters. The second-order valence-electron chi connectivity index (χ2n) is 6.67. The Morgan fingerprint density at radius 3 is 2.43 bits per heavy atom. The lowest BCUT2D eigenvalue weighted by Gasteiger charge is -2.41. The van der Waals surface area contributed by atoms with Gasteiger partial charge in [0.05, 0.1) is 11.5 Å². The summed E-state index contributed by atoms with van der Waals surface area (Å²) < 4.78 is 0. The van der Waals surface area contributed by atoms with Crippen molar-refractivity contribution in [1.82, 2.24) is 4.90 Å². The molecule has 0 aliphatic heterocycles. The highest BCUT2D eigenvalue weighted by molar-refractivity contribution is 5.83. The Labute approximate surface area is 128 Å². The van der Waals surface area contributed by atoms with E-state index >= 15 is 0 Å². The van der Waals surface area contributed by atoms with Crippen LogP contribution in [-0.4, -0.2) is 24.4 Å². The summed E-state index contributed by atoms with van der Waals surface area (Å²) >= 11 is 0. The summed E-state index contributed by atoms with van der Waals surface area (Å²) in [6, 6.07) is 10.3. The lowest BCUT2D eigenvalue weighted by Crippen LogP contribution is -2.49. The predicted octanol–water partition coefficient (Wildman–Crippen LogP) is 3.36. The fraction of sp³-hybridized carbons (Fsp3) is 0.611. The zero-order valence-electron chi connectivity index (χ0n) is 13.5. The third kappa shape index (κ3) is 3.29. The van der Waals surface area contributed by atoms with E-state index in [2.05, 4.69) is 26.0 Å². The molecule has 0 bridgehead atoms. The van der Waals surface area contributed by atoms with Gasteiger partial charge in [-0.1, -0.05) is 37.3 Å².